The number of hydrogen-bond donors (Lipinski definition) is 1. The molecule has 1 aliphatic rings. The quantitative estimate of drug-likeness (QED) is 0.688. The number of rotatable bonds is 8. The van der Waals surface area contributed by atoms with E-state index in [1.54, 1.807) is 44.4 Å². The predicted octanol–water partition coefficient (Wildman–Crippen LogP) is 2.63. The Hall–Kier alpha value is -2.52. The van der Waals surface area contributed by atoms with Gasteiger partial charge in [-0.1, -0.05) is 13.8 Å². The summed E-state index contributed by atoms with van der Waals surface area (Å²) in [7, 11) is -3.53. The maximum Gasteiger partial charge on any atom is 0.316 e. The number of nitrogens with one attached hydrogen (secondary N) is 1. The Morgan fingerprint density at radius 2 is 1.67 bits per heavy atom. The van der Waals surface area contributed by atoms with Crippen molar-refractivity contribution in [2.24, 2.45) is 0 Å². The van der Waals surface area contributed by atoms with Crippen molar-refractivity contribution in [3.8, 4) is 6.01 Å². The summed E-state index contributed by atoms with van der Waals surface area (Å²) < 4.78 is 32.3. The Kier molecular flexibility index (Phi) is 7.38. The standard InChI is InChI=1S/C21H28N4O4S/c1-3-25(4-2)30(27,28)19-12-6-16(7-13-19)20(26)24-17-8-10-18(11-9-17)29-21-22-14-5-15-23-21/h5-7,12-15,17-18H,3-4,8-11H2,1-2H3,(H,24,26). The third-order valence-corrected chi connectivity index (χ3v) is 7.35. The van der Waals surface area contributed by atoms with E-state index in [1.807, 2.05) is 0 Å². The molecule has 0 saturated heterocycles. The smallest absolute Gasteiger partial charge is 0.316 e. The van der Waals surface area contributed by atoms with E-state index in [9.17, 15) is 13.2 Å². The number of carbonyl (C=O) groups is 1. The lowest BCUT2D eigenvalue weighted by Gasteiger charge is -2.28. The summed E-state index contributed by atoms with van der Waals surface area (Å²) in [6.07, 6.45) is 6.56. The number of nitrogens with zero attached hydrogens (tertiary/aromatic N) is 3. The molecule has 2 aromatic rings. The highest BCUT2D eigenvalue weighted by Gasteiger charge is 2.25. The molecule has 1 aromatic carbocycles. The summed E-state index contributed by atoms with van der Waals surface area (Å²) in [6.45, 7) is 4.42. The van der Waals surface area contributed by atoms with Gasteiger partial charge in [0.05, 0.1) is 4.90 Å². The van der Waals surface area contributed by atoms with Crippen LogP contribution in [0.1, 0.15) is 49.9 Å². The first-order valence-corrected chi connectivity index (χ1v) is 11.7. The second-order valence-corrected chi connectivity index (χ2v) is 9.15. The average molecular weight is 433 g/mol. The molecule has 0 spiro atoms. The highest BCUT2D eigenvalue weighted by Crippen LogP contribution is 2.23. The molecule has 1 heterocycles. The molecule has 1 saturated carbocycles. The van der Waals surface area contributed by atoms with Crippen LogP contribution in [0, 0.1) is 0 Å². The van der Waals surface area contributed by atoms with Crippen molar-refractivity contribution in [1.82, 2.24) is 19.6 Å². The van der Waals surface area contributed by atoms with Crippen LogP contribution in [-0.4, -0.2) is 53.8 Å². The van der Waals surface area contributed by atoms with E-state index in [-0.39, 0.29) is 22.9 Å². The van der Waals surface area contributed by atoms with Crippen molar-refractivity contribution in [3.05, 3.63) is 48.3 Å². The van der Waals surface area contributed by atoms with Crippen LogP contribution in [0.25, 0.3) is 0 Å². The van der Waals surface area contributed by atoms with E-state index in [4.69, 9.17) is 4.74 Å². The number of sulfonamides is 1. The monoisotopic (exact) mass is 432 g/mol. The third kappa shape index (κ3) is 5.34. The van der Waals surface area contributed by atoms with Gasteiger partial charge in [0.25, 0.3) is 5.91 Å². The van der Waals surface area contributed by atoms with Gasteiger partial charge < -0.3 is 10.1 Å². The summed E-state index contributed by atoms with van der Waals surface area (Å²) in [5, 5.41) is 3.04. The van der Waals surface area contributed by atoms with Crippen LogP contribution in [0.2, 0.25) is 0 Å². The van der Waals surface area contributed by atoms with Gasteiger partial charge in [-0.3, -0.25) is 4.79 Å². The Morgan fingerprint density at radius 3 is 2.23 bits per heavy atom. The van der Waals surface area contributed by atoms with Crippen molar-refractivity contribution >= 4 is 15.9 Å². The van der Waals surface area contributed by atoms with E-state index in [2.05, 4.69) is 15.3 Å². The summed E-state index contributed by atoms with van der Waals surface area (Å²) in [5.41, 5.74) is 0.449. The zero-order valence-corrected chi connectivity index (χ0v) is 18.1. The van der Waals surface area contributed by atoms with Gasteiger partial charge in [-0.05, 0) is 56.0 Å². The SMILES string of the molecule is CCN(CC)S(=O)(=O)c1ccc(C(=O)NC2CCC(Oc3ncccn3)CC2)cc1. The normalized spacial score (nSPS) is 19.4. The number of ether oxygens (including phenoxy) is 1. The van der Waals surface area contributed by atoms with Gasteiger partial charge in [-0.15, -0.1) is 0 Å². The fraction of sp³-hybridized carbons (Fsp3) is 0.476. The maximum absolute atomic E-state index is 12.6. The van der Waals surface area contributed by atoms with Crippen LogP contribution in [0.15, 0.2) is 47.6 Å². The fourth-order valence-electron chi connectivity index (χ4n) is 3.58. The lowest BCUT2D eigenvalue weighted by atomic mass is 9.92. The largest absolute Gasteiger partial charge is 0.460 e. The number of hydrogen-bond acceptors (Lipinski definition) is 6. The second-order valence-electron chi connectivity index (χ2n) is 7.21. The Morgan fingerprint density at radius 1 is 1.07 bits per heavy atom. The lowest BCUT2D eigenvalue weighted by molar-refractivity contribution is 0.0885. The van der Waals surface area contributed by atoms with Gasteiger partial charge in [0.2, 0.25) is 10.0 Å². The van der Waals surface area contributed by atoms with Crippen molar-refractivity contribution in [3.63, 3.8) is 0 Å². The minimum Gasteiger partial charge on any atom is -0.460 e. The molecule has 0 aliphatic heterocycles. The molecule has 0 radical (unpaired) electrons. The van der Waals surface area contributed by atoms with Crippen LogP contribution in [-0.2, 0) is 10.0 Å². The Balaban J connectivity index is 1.53. The lowest BCUT2D eigenvalue weighted by Crippen LogP contribution is -2.39. The molecule has 0 unspecified atom stereocenters. The fourth-order valence-corrected chi connectivity index (χ4v) is 5.04. The summed E-state index contributed by atoms with van der Waals surface area (Å²) in [4.78, 5) is 20.9. The minimum absolute atomic E-state index is 0.0464. The molecule has 30 heavy (non-hydrogen) atoms. The van der Waals surface area contributed by atoms with Gasteiger partial charge in [-0.2, -0.15) is 4.31 Å². The van der Waals surface area contributed by atoms with Gasteiger partial charge in [-0.25, -0.2) is 18.4 Å². The summed E-state index contributed by atoms with van der Waals surface area (Å²) >= 11 is 0. The van der Waals surface area contributed by atoms with Crippen LogP contribution in [0.4, 0.5) is 0 Å². The van der Waals surface area contributed by atoms with E-state index in [0.717, 1.165) is 25.7 Å². The predicted molar refractivity (Wildman–Crippen MR) is 113 cm³/mol. The number of carbonyl (C=O) groups excluding carboxylic acids is 1. The molecule has 1 N–H and O–H groups in total. The molecule has 1 amide bonds. The zero-order chi connectivity index (χ0) is 21.6. The molecule has 3 rings (SSSR count). The molecule has 0 atom stereocenters. The van der Waals surface area contributed by atoms with E-state index in [1.165, 1.54) is 16.4 Å². The molecular weight excluding hydrogens is 404 g/mol. The number of amides is 1. The molecule has 1 fully saturated rings. The molecule has 8 nitrogen and oxygen atoms in total. The van der Waals surface area contributed by atoms with E-state index < -0.39 is 10.0 Å². The van der Waals surface area contributed by atoms with Crippen molar-refractivity contribution < 1.29 is 17.9 Å². The first kappa shape index (κ1) is 22.2. The summed E-state index contributed by atoms with van der Waals surface area (Å²) in [6, 6.07) is 8.30. The van der Waals surface area contributed by atoms with Crippen LogP contribution in [0.3, 0.4) is 0 Å². The average Bonchev–Trinajstić information content (AvgIpc) is 2.76. The van der Waals surface area contributed by atoms with Crippen molar-refractivity contribution in [2.75, 3.05) is 13.1 Å². The van der Waals surface area contributed by atoms with Gasteiger partial charge in [0.1, 0.15) is 6.10 Å². The van der Waals surface area contributed by atoms with E-state index >= 15 is 0 Å². The molecule has 9 heteroatoms. The Labute approximate surface area is 177 Å². The first-order valence-electron chi connectivity index (χ1n) is 10.3. The van der Waals surface area contributed by atoms with Crippen LogP contribution < -0.4 is 10.1 Å². The van der Waals surface area contributed by atoms with Crippen molar-refractivity contribution in [2.45, 2.75) is 56.6 Å². The van der Waals surface area contributed by atoms with Crippen molar-refractivity contribution in [1.29, 1.82) is 0 Å². The molecule has 1 aliphatic carbocycles. The zero-order valence-electron chi connectivity index (χ0n) is 17.3. The van der Waals surface area contributed by atoms with Crippen LogP contribution >= 0.6 is 0 Å². The second kappa shape index (κ2) is 9.99. The highest BCUT2D eigenvalue weighted by molar-refractivity contribution is 7.89. The minimum atomic E-state index is -3.53. The number of aromatic nitrogens is 2. The molecule has 162 valence electrons. The Bertz CT molecular complexity index is 923. The molecule has 1 aromatic heterocycles. The maximum atomic E-state index is 12.6. The van der Waals surface area contributed by atoms with E-state index in [0.29, 0.717) is 24.7 Å². The first-order chi connectivity index (χ1) is 14.4. The van der Waals surface area contributed by atoms with Crippen LogP contribution in [0.5, 0.6) is 6.01 Å². The number of benzene rings is 1. The third-order valence-electron chi connectivity index (χ3n) is 5.28. The topological polar surface area (TPSA) is 101 Å². The molecule has 0 bridgehead atoms. The van der Waals surface area contributed by atoms with Gasteiger partial charge in [0, 0.05) is 37.1 Å². The van der Waals surface area contributed by atoms with Gasteiger partial charge in [0.15, 0.2) is 0 Å². The highest BCUT2D eigenvalue weighted by atomic mass is 32.2. The molecular formula is C21H28N4O4S. The van der Waals surface area contributed by atoms with Gasteiger partial charge >= 0.3 is 6.01 Å². The summed E-state index contributed by atoms with van der Waals surface area (Å²) in [5.74, 6) is -0.197.